The Hall–Kier alpha value is -3.88. The van der Waals surface area contributed by atoms with E-state index in [-0.39, 0.29) is 6.03 Å². The number of pyridine rings is 1. The molecule has 1 aliphatic rings. The fourth-order valence-electron chi connectivity index (χ4n) is 3.56. The van der Waals surface area contributed by atoms with Crippen LogP contribution in [0.15, 0.2) is 48.9 Å². The predicted octanol–water partition coefficient (Wildman–Crippen LogP) is 3.59. The highest BCUT2D eigenvalue weighted by Crippen LogP contribution is 2.22. The van der Waals surface area contributed by atoms with Crippen LogP contribution >= 0.6 is 0 Å². The minimum atomic E-state index is -0.103. The number of urea groups is 1. The quantitative estimate of drug-likeness (QED) is 0.635. The molecule has 3 aromatic rings. The molecule has 1 aromatic carbocycles. The molecule has 2 N–H and O–H groups in total. The van der Waals surface area contributed by atoms with Crippen LogP contribution in [-0.2, 0) is 0 Å². The highest BCUT2D eigenvalue weighted by atomic mass is 16.5. The van der Waals surface area contributed by atoms with Gasteiger partial charge in [0.05, 0.1) is 7.11 Å². The third-order valence-electron chi connectivity index (χ3n) is 5.39. The molecule has 0 aliphatic carbocycles. The first-order valence-corrected chi connectivity index (χ1v) is 10.5. The maximum Gasteiger partial charge on any atom is 0.321 e. The van der Waals surface area contributed by atoms with Crippen LogP contribution in [-0.4, -0.2) is 59.2 Å². The molecule has 0 unspecified atom stereocenters. The summed E-state index contributed by atoms with van der Waals surface area (Å²) < 4.78 is 5.22. The Morgan fingerprint density at radius 1 is 0.969 bits per heavy atom. The van der Waals surface area contributed by atoms with Crippen molar-refractivity contribution in [3.8, 4) is 5.75 Å². The van der Waals surface area contributed by atoms with Gasteiger partial charge >= 0.3 is 6.03 Å². The van der Waals surface area contributed by atoms with Crippen LogP contribution in [0.2, 0.25) is 0 Å². The lowest BCUT2D eigenvalue weighted by Crippen LogP contribution is -2.50. The number of aromatic nitrogens is 3. The van der Waals surface area contributed by atoms with Crippen molar-refractivity contribution >= 4 is 29.2 Å². The van der Waals surface area contributed by atoms with Gasteiger partial charge in [0, 0.05) is 44.1 Å². The Labute approximate surface area is 187 Å². The van der Waals surface area contributed by atoms with E-state index in [1.54, 1.807) is 19.6 Å². The number of methoxy groups -OCH3 is 1. The molecule has 0 spiro atoms. The summed E-state index contributed by atoms with van der Waals surface area (Å²) in [4.78, 5) is 29.7. The van der Waals surface area contributed by atoms with Gasteiger partial charge in [-0.2, -0.15) is 0 Å². The second kappa shape index (κ2) is 9.51. The third kappa shape index (κ3) is 5.05. The maximum atomic E-state index is 12.7. The number of carbonyl (C=O) groups excluding carboxylic acids is 1. The van der Waals surface area contributed by atoms with E-state index in [1.807, 2.05) is 55.1 Å². The van der Waals surface area contributed by atoms with E-state index in [0.29, 0.717) is 32.0 Å². The molecular formula is C23H27N7O2. The molecule has 2 aromatic heterocycles. The van der Waals surface area contributed by atoms with E-state index in [9.17, 15) is 4.79 Å². The number of anilines is 4. The standard InChI is InChI=1S/C23H27N7O2/c1-16-6-7-24-20(12-16)28-21-14-22(26-15-25-21)29-8-10-30(11-9-29)23(31)27-19-5-4-18(32-3)13-17(19)2/h4-7,12-15H,8-11H2,1-3H3,(H,27,31)(H,24,25,26,28). The first kappa shape index (κ1) is 21.4. The summed E-state index contributed by atoms with van der Waals surface area (Å²) in [7, 11) is 1.63. The van der Waals surface area contributed by atoms with E-state index in [2.05, 4.69) is 30.5 Å². The van der Waals surface area contributed by atoms with Gasteiger partial charge in [0.25, 0.3) is 0 Å². The third-order valence-corrected chi connectivity index (χ3v) is 5.39. The van der Waals surface area contributed by atoms with E-state index in [0.717, 1.165) is 34.2 Å². The van der Waals surface area contributed by atoms with Crippen molar-refractivity contribution < 1.29 is 9.53 Å². The highest BCUT2D eigenvalue weighted by Gasteiger charge is 2.22. The summed E-state index contributed by atoms with van der Waals surface area (Å²) in [5.41, 5.74) is 2.87. The van der Waals surface area contributed by atoms with Crippen LogP contribution in [0.3, 0.4) is 0 Å². The number of hydrogen-bond acceptors (Lipinski definition) is 7. The van der Waals surface area contributed by atoms with Crippen LogP contribution in [0, 0.1) is 13.8 Å². The summed E-state index contributed by atoms with van der Waals surface area (Å²) in [6.45, 7) is 6.55. The van der Waals surface area contributed by atoms with Gasteiger partial charge in [0.2, 0.25) is 0 Å². The predicted molar refractivity (Wildman–Crippen MR) is 125 cm³/mol. The van der Waals surface area contributed by atoms with Crippen LogP contribution in [0.5, 0.6) is 5.75 Å². The number of rotatable bonds is 5. The fraction of sp³-hybridized carbons (Fsp3) is 0.304. The molecule has 2 amide bonds. The molecule has 166 valence electrons. The van der Waals surface area contributed by atoms with Gasteiger partial charge in [0.1, 0.15) is 29.5 Å². The monoisotopic (exact) mass is 433 g/mol. The van der Waals surface area contributed by atoms with Gasteiger partial charge in [-0.05, 0) is 55.3 Å². The molecule has 32 heavy (non-hydrogen) atoms. The van der Waals surface area contributed by atoms with Crippen molar-refractivity contribution in [2.75, 3.05) is 48.8 Å². The average Bonchev–Trinajstić information content (AvgIpc) is 2.80. The van der Waals surface area contributed by atoms with Crippen molar-refractivity contribution in [2.45, 2.75) is 13.8 Å². The summed E-state index contributed by atoms with van der Waals surface area (Å²) in [6.07, 6.45) is 3.30. The van der Waals surface area contributed by atoms with E-state index < -0.39 is 0 Å². The Morgan fingerprint density at radius 2 is 1.75 bits per heavy atom. The number of carbonyl (C=O) groups is 1. The van der Waals surface area contributed by atoms with Crippen molar-refractivity contribution in [2.24, 2.45) is 0 Å². The van der Waals surface area contributed by atoms with Gasteiger partial charge < -0.3 is 25.2 Å². The number of benzene rings is 1. The van der Waals surface area contributed by atoms with Crippen molar-refractivity contribution in [3.63, 3.8) is 0 Å². The van der Waals surface area contributed by atoms with Crippen LogP contribution in [0.25, 0.3) is 0 Å². The number of ether oxygens (including phenoxy) is 1. The van der Waals surface area contributed by atoms with Gasteiger partial charge in [-0.3, -0.25) is 0 Å². The topological polar surface area (TPSA) is 95.5 Å². The molecule has 9 nitrogen and oxygen atoms in total. The van der Waals surface area contributed by atoms with Crippen LogP contribution in [0.4, 0.5) is 27.9 Å². The Bertz CT molecular complexity index is 1100. The average molecular weight is 434 g/mol. The normalized spacial score (nSPS) is 13.6. The second-order valence-electron chi connectivity index (χ2n) is 7.69. The van der Waals surface area contributed by atoms with Gasteiger partial charge in [-0.25, -0.2) is 19.7 Å². The number of aryl methyl sites for hydroxylation is 2. The summed E-state index contributed by atoms with van der Waals surface area (Å²) in [5, 5.41) is 6.22. The van der Waals surface area contributed by atoms with Crippen molar-refractivity contribution in [1.82, 2.24) is 19.9 Å². The van der Waals surface area contributed by atoms with Crippen molar-refractivity contribution in [1.29, 1.82) is 0 Å². The number of nitrogens with zero attached hydrogens (tertiary/aromatic N) is 5. The van der Waals surface area contributed by atoms with Crippen molar-refractivity contribution in [3.05, 3.63) is 60.0 Å². The fourth-order valence-corrected chi connectivity index (χ4v) is 3.56. The summed E-state index contributed by atoms with van der Waals surface area (Å²) >= 11 is 0. The molecule has 0 radical (unpaired) electrons. The first-order valence-electron chi connectivity index (χ1n) is 10.5. The first-order chi connectivity index (χ1) is 15.5. The minimum absolute atomic E-state index is 0.103. The molecule has 0 bridgehead atoms. The number of nitrogens with one attached hydrogen (secondary N) is 2. The lowest BCUT2D eigenvalue weighted by Gasteiger charge is -2.35. The van der Waals surface area contributed by atoms with E-state index in [1.165, 1.54) is 0 Å². The van der Waals surface area contributed by atoms with Gasteiger partial charge in [-0.15, -0.1) is 0 Å². The molecule has 0 atom stereocenters. The molecule has 3 heterocycles. The molecule has 4 rings (SSSR count). The minimum Gasteiger partial charge on any atom is -0.497 e. The number of hydrogen-bond donors (Lipinski definition) is 2. The molecule has 1 fully saturated rings. The smallest absolute Gasteiger partial charge is 0.321 e. The largest absolute Gasteiger partial charge is 0.497 e. The Kier molecular flexibility index (Phi) is 6.34. The number of amides is 2. The maximum absolute atomic E-state index is 12.7. The van der Waals surface area contributed by atoms with Crippen LogP contribution in [0.1, 0.15) is 11.1 Å². The highest BCUT2D eigenvalue weighted by molar-refractivity contribution is 5.90. The molecule has 9 heteroatoms. The summed E-state index contributed by atoms with van der Waals surface area (Å²) in [6, 6.07) is 11.3. The zero-order valence-electron chi connectivity index (χ0n) is 18.5. The Balaban J connectivity index is 1.35. The summed E-state index contributed by atoms with van der Waals surface area (Å²) in [5.74, 6) is 3.01. The second-order valence-corrected chi connectivity index (χ2v) is 7.69. The van der Waals surface area contributed by atoms with E-state index >= 15 is 0 Å². The number of piperazine rings is 1. The Morgan fingerprint density at radius 3 is 2.47 bits per heavy atom. The van der Waals surface area contributed by atoms with Gasteiger partial charge in [-0.1, -0.05) is 0 Å². The van der Waals surface area contributed by atoms with Gasteiger partial charge in [0.15, 0.2) is 0 Å². The lowest BCUT2D eigenvalue weighted by molar-refractivity contribution is 0.208. The zero-order valence-corrected chi connectivity index (χ0v) is 18.5. The van der Waals surface area contributed by atoms with E-state index in [4.69, 9.17) is 4.74 Å². The molecule has 0 saturated carbocycles. The molecule has 1 saturated heterocycles. The lowest BCUT2D eigenvalue weighted by atomic mass is 10.2. The molecular weight excluding hydrogens is 406 g/mol. The zero-order chi connectivity index (χ0) is 22.5. The SMILES string of the molecule is COc1ccc(NC(=O)N2CCN(c3cc(Nc4cc(C)ccn4)ncn3)CC2)c(C)c1. The van der Waals surface area contributed by atoms with Crippen LogP contribution < -0.4 is 20.3 Å². The molecule has 1 aliphatic heterocycles.